The fourth-order valence-electron chi connectivity index (χ4n) is 4.05. The van der Waals surface area contributed by atoms with Gasteiger partial charge in [0.15, 0.2) is 0 Å². The molecule has 1 aromatic heterocycles. The highest BCUT2D eigenvalue weighted by molar-refractivity contribution is 7.89. The molecule has 2 heterocycles. The summed E-state index contributed by atoms with van der Waals surface area (Å²) in [4.78, 5) is 12.9. The number of aromatic nitrogens is 2. The van der Waals surface area contributed by atoms with E-state index in [0.29, 0.717) is 18.8 Å². The van der Waals surface area contributed by atoms with Crippen molar-refractivity contribution >= 4 is 21.6 Å². The molecule has 1 fully saturated rings. The Morgan fingerprint density at radius 2 is 1.97 bits per heavy atom. The third-order valence-electron chi connectivity index (χ3n) is 5.87. The fourth-order valence-corrected chi connectivity index (χ4v) is 5.94. The molecule has 1 amide bonds. The largest absolute Gasteiger partial charge is 0.495 e. The van der Waals surface area contributed by atoms with Gasteiger partial charge in [0, 0.05) is 36.2 Å². The maximum atomic E-state index is 13.4. The molecule has 174 valence electrons. The first-order chi connectivity index (χ1) is 15.9. The van der Waals surface area contributed by atoms with Gasteiger partial charge in [0.25, 0.3) is 5.91 Å². The van der Waals surface area contributed by atoms with Gasteiger partial charge < -0.3 is 10.1 Å². The molecular formula is C24H28N4O4S. The highest BCUT2D eigenvalue weighted by Crippen LogP contribution is 2.32. The van der Waals surface area contributed by atoms with E-state index in [-0.39, 0.29) is 28.2 Å². The van der Waals surface area contributed by atoms with E-state index in [1.165, 1.54) is 23.5 Å². The summed E-state index contributed by atoms with van der Waals surface area (Å²) in [5.41, 5.74) is 1.92. The van der Waals surface area contributed by atoms with E-state index in [1.807, 2.05) is 48.1 Å². The minimum atomic E-state index is -3.79. The predicted molar refractivity (Wildman–Crippen MR) is 126 cm³/mol. The van der Waals surface area contributed by atoms with Gasteiger partial charge in [-0.05, 0) is 61.7 Å². The molecule has 2 aromatic carbocycles. The Balaban J connectivity index is 1.53. The number of anilines is 1. The minimum Gasteiger partial charge on any atom is -0.495 e. The van der Waals surface area contributed by atoms with Gasteiger partial charge >= 0.3 is 0 Å². The van der Waals surface area contributed by atoms with Gasteiger partial charge in [-0.2, -0.15) is 9.40 Å². The van der Waals surface area contributed by atoms with Gasteiger partial charge in [-0.1, -0.05) is 18.6 Å². The zero-order chi connectivity index (χ0) is 23.4. The van der Waals surface area contributed by atoms with Crippen LogP contribution in [0, 0.1) is 0 Å². The van der Waals surface area contributed by atoms with Crippen molar-refractivity contribution in [1.82, 2.24) is 14.1 Å². The molecule has 0 radical (unpaired) electrons. The van der Waals surface area contributed by atoms with Gasteiger partial charge in [-0.25, -0.2) is 8.42 Å². The quantitative estimate of drug-likeness (QED) is 0.570. The lowest BCUT2D eigenvalue weighted by Gasteiger charge is -2.32. The van der Waals surface area contributed by atoms with Crippen LogP contribution < -0.4 is 10.1 Å². The molecule has 3 aromatic rings. The summed E-state index contributed by atoms with van der Waals surface area (Å²) >= 11 is 0. The van der Waals surface area contributed by atoms with Crippen LogP contribution in [0.5, 0.6) is 5.75 Å². The lowest BCUT2D eigenvalue weighted by Crippen LogP contribution is -2.42. The molecule has 1 saturated heterocycles. The second kappa shape index (κ2) is 9.76. The van der Waals surface area contributed by atoms with Crippen molar-refractivity contribution in [3.05, 3.63) is 72.1 Å². The van der Waals surface area contributed by atoms with Crippen LogP contribution in [0.2, 0.25) is 0 Å². The highest BCUT2D eigenvalue weighted by atomic mass is 32.2. The number of carbonyl (C=O) groups is 1. The van der Waals surface area contributed by atoms with Gasteiger partial charge in [-0.3, -0.25) is 9.48 Å². The number of ether oxygens (including phenoxy) is 1. The van der Waals surface area contributed by atoms with Crippen molar-refractivity contribution in [2.75, 3.05) is 19.0 Å². The normalized spacial score (nSPS) is 17.0. The number of amides is 1. The Bertz CT molecular complexity index is 1210. The first-order valence-corrected chi connectivity index (χ1v) is 12.4. The maximum absolute atomic E-state index is 13.4. The summed E-state index contributed by atoms with van der Waals surface area (Å²) in [5, 5.41) is 7.02. The molecule has 0 bridgehead atoms. The van der Waals surface area contributed by atoms with Crippen LogP contribution in [0.15, 0.2) is 65.8 Å². The first-order valence-electron chi connectivity index (χ1n) is 11.0. The number of sulfonamides is 1. The summed E-state index contributed by atoms with van der Waals surface area (Å²) in [6, 6.07) is 13.7. The zero-order valence-electron chi connectivity index (χ0n) is 18.8. The molecule has 4 rings (SSSR count). The third-order valence-corrected chi connectivity index (χ3v) is 7.90. The summed E-state index contributed by atoms with van der Waals surface area (Å²) in [6.07, 6.45) is 6.26. The lowest BCUT2D eigenvalue weighted by atomic mass is 10.1. The van der Waals surface area contributed by atoms with Crippen LogP contribution in [0.3, 0.4) is 0 Å². The topological polar surface area (TPSA) is 93.5 Å². The van der Waals surface area contributed by atoms with Crippen molar-refractivity contribution in [3.8, 4) is 5.75 Å². The molecule has 0 saturated carbocycles. The Morgan fingerprint density at radius 3 is 2.64 bits per heavy atom. The maximum Gasteiger partial charge on any atom is 0.255 e. The van der Waals surface area contributed by atoms with E-state index in [9.17, 15) is 13.2 Å². The number of hydrogen-bond donors (Lipinski definition) is 1. The summed E-state index contributed by atoms with van der Waals surface area (Å²) in [5.74, 6) is -0.159. The molecule has 0 spiro atoms. The standard InChI is InChI=1S/C24H28N4O4S/c1-18-6-3-4-15-28(18)33(30,31)23-16-20(9-12-22(23)32-2)24(29)26-21-10-7-19(8-11-21)17-27-14-5-13-25-27/h5,7-14,16,18H,3-4,6,15,17H2,1-2H3,(H,26,29). The number of benzene rings is 2. The SMILES string of the molecule is COc1ccc(C(=O)Nc2ccc(Cn3cccn3)cc2)cc1S(=O)(=O)N1CCCCC1C. The summed E-state index contributed by atoms with van der Waals surface area (Å²) in [6.45, 7) is 3.01. The second-order valence-electron chi connectivity index (χ2n) is 8.18. The van der Waals surface area contributed by atoms with Crippen molar-refractivity contribution < 1.29 is 17.9 Å². The Hall–Kier alpha value is -3.17. The van der Waals surface area contributed by atoms with Crippen LogP contribution in [-0.4, -0.2) is 48.1 Å². The average Bonchev–Trinajstić information content (AvgIpc) is 3.33. The van der Waals surface area contributed by atoms with E-state index in [0.717, 1.165) is 24.8 Å². The number of rotatable bonds is 7. The number of hydrogen-bond acceptors (Lipinski definition) is 5. The highest BCUT2D eigenvalue weighted by Gasteiger charge is 2.33. The van der Waals surface area contributed by atoms with Crippen LogP contribution in [0.25, 0.3) is 0 Å². The van der Waals surface area contributed by atoms with Crippen molar-refractivity contribution in [2.24, 2.45) is 0 Å². The number of piperidine rings is 1. The second-order valence-corrected chi connectivity index (χ2v) is 10.0. The van der Waals surface area contributed by atoms with Gasteiger partial charge in [0.2, 0.25) is 10.0 Å². The molecule has 33 heavy (non-hydrogen) atoms. The van der Waals surface area contributed by atoms with Crippen LogP contribution >= 0.6 is 0 Å². The van der Waals surface area contributed by atoms with Gasteiger partial charge in [-0.15, -0.1) is 0 Å². The van der Waals surface area contributed by atoms with E-state index < -0.39 is 10.0 Å². The Kier molecular flexibility index (Phi) is 6.80. The Morgan fingerprint density at radius 1 is 1.18 bits per heavy atom. The molecular weight excluding hydrogens is 440 g/mol. The predicted octanol–water partition coefficient (Wildman–Crippen LogP) is 3.76. The Labute approximate surface area is 194 Å². The van der Waals surface area contributed by atoms with Crippen LogP contribution in [0.1, 0.15) is 42.1 Å². The molecule has 1 aliphatic rings. The molecule has 9 heteroatoms. The van der Waals surface area contributed by atoms with Gasteiger partial charge in [0.1, 0.15) is 10.6 Å². The summed E-state index contributed by atoms with van der Waals surface area (Å²) in [7, 11) is -2.36. The van der Waals surface area contributed by atoms with Crippen LogP contribution in [-0.2, 0) is 16.6 Å². The van der Waals surface area contributed by atoms with E-state index >= 15 is 0 Å². The van der Waals surface area contributed by atoms with Gasteiger partial charge in [0.05, 0.1) is 13.7 Å². The molecule has 1 N–H and O–H groups in total. The molecule has 0 aliphatic carbocycles. The smallest absolute Gasteiger partial charge is 0.255 e. The van der Waals surface area contributed by atoms with Crippen molar-refractivity contribution in [1.29, 1.82) is 0 Å². The zero-order valence-corrected chi connectivity index (χ0v) is 19.6. The number of nitrogens with zero attached hydrogens (tertiary/aromatic N) is 3. The molecule has 1 unspecified atom stereocenters. The molecule has 8 nitrogen and oxygen atoms in total. The molecule has 1 atom stereocenters. The van der Waals surface area contributed by atoms with Crippen molar-refractivity contribution in [2.45, 2.75) is 43.7 Å². The monoisotopic (exact) mass is 468 g/mol. The molecule has 1 aliphatic heterocycles. The lowest BCUT2D eigenvalue weighted by molar-refractivity contribution is 0.102. The average molecular weight is 469 g/mol. The number of methoxy groups -OCH3 is 1. The van der Waals surface area contributed by atoms with Crippen molar-refractivity contribution in [3.63, 3.8) is 0 Å². The summed E-state index contributed by atoms with van der Waals surface area (Å²) < 4.78 is 35.4. The fraction of sp³-hybridized carbons (Fsp3) is 0.333. The number of carbonyl (C=O) groups excluding carboxylic acids is 1. The van der Waals surface area contributed by atoms with Crippen LogP contribution in [0.4, 0.5) is 5.69 Å². The third kappa shape index (κ3) is 5.09. The minimum absolute atomic E-state index is 0.0148. The number of nitrogens with one attached hydrogen (secondary N) is 1. The van der Waals surface area contributed by atoms with E-state index in [1.54, 1.807) is 12.3 Å². The van der Waals surface area contributed by atoms with E-state index in [4.69, 9.17) is 4.74 Å². The van der Waals surface area contributed by atoms with E-state index in [2.05, 4.69) is 10.4 Å². The first kappa shape index (κ1) is 23.0.